The van der Waals surface area contributed by atoms with Crippen LogP contribution in [-0.2, 0) is 4.79 Å². The standard InChI is InChI=1S/C14H20N4O2S/c1-10(2)8-16-14(21)18-17-13(19)9-15-11-6-4-5-7-12(11)20-3/h4-7,15H,1,8-9H2,2-3H3,(H,17,19)(H2,16,18,21). The summed E-state index contributed by atoms with van der Waals surface area (Å²) in [5.41, 5.74) is 6.80. The maximum absolute atomic E-state index is 11.7. The molecule has 6 nitrogen and oxygen atoms in total. The van der Waals surface area contributed by atoms with Crippen molar-refractivity contribution >= 4 is 28.9 Å². The predicted molar refractivity (Wildman–Crippen MR) is 88.2 cm³/mol. The summed E-state index contributed by atoms with van der Waals surface area (Å²) in [5, 5.41) is 6.21. The van der Waals surface area contributed by atoms with E-state index in [1.165, 1.54) is 0 Å². The topological polar surface area (TPSA) is 74.4 Å². The van der Waals surface area contributed by atoms with E-state index in [-0.39, 0.29) is 12.5 Å². The van der Waals surface area contributed by atoms with Gasteiger partial charge in [-0.3, -0.25) is 15.6 Å². The molecule has 0 spiro atoms. The predicted octanol–water partition coefficient (Wildman–Crippen LogP) is 1.18. The molecule has 0 saturated heterocycles. The number of hydrogen-bond acceptors (Lipinski definition) is 4. The number of benzene rings is 1. The lowest BCUT2D eigenvalue weighted by molar-refractivity contribution is -0.119. The Balaban J connectivity index is 2.31. The smallest absolute Gasteiger partial charge is 0.257 e. The molecule has 114 valence electrons. The molecular formula is C14H20N4O2S. The zero-order valence-electron chi connectivity index (χ0n) is 12.2. The molecule has 0 unspecified atom stereocenters. The van der Waals surface area contributed by atoms with Crippen LogP contribution in [0.25, 0.3) is 0 Å². The summed E-state index contributed by atoms with van der Waals surface area (Å²) >= 11 is 4.99. The molecule has 0 aromatic heterocycles. The Hall–Kier alpha value is -2.28. The maximum Gasteiger partial charge on any atom is 0.257 e. The van der Waals surface area contributed by atoms with Gasteiger partial charge < -0.3 is 15.4 Å². The SMILES string of the molecule is C=C(C)CNC(=S)NNC(=O)CNc1ccccc1OC. The van der Waals surface area contributed by atoms with Crippen molar-refractivity contribution in [3.8, 4) is 5.75 Å². The largest absolute Gasteiger partial charge is 0.495 e. The Morgan fingerprint density at radius 1 is 1.29 bits per heavy atom. The van der Waals surface area contributed by atoms with Gasteiger partial charge in [-0.25, -0.2) is 0 Å². The van der Waals surface area contributed by atoms with Crippen molar-refractivity contribution in [3.05, 3.63) is 36.4 Å². The van der Waals surface area contributed by atoms with E-state index >= 15 is 0 Å². The summed E-state index contributed by atoms with van der Waals surface area (Å²) in [7, 11) is 1.58. The number of thiocarbonyl (C=S) groups is 1. The van der Waals surface area contributed by atoms with Crippen LogP contribution in [0.4, 0.5) is 5.69 Å². The van der Waals surface area contributed by atoms with Crippen LogP contribution in [0, 0.1) is 0 Å². The summed E-state index contributed by atoms with van der Waals surface area (Å²) in [4.78, 5) is 11.7. The summed E-state index contributed by atoms with van der Waals surface area (Å²) in [6.45, 7) is 6.27. The molecule has 7 heteroatoms. The Kier molecular flexibility index (Phi) is 7.03. The van der Waals surface area contributed by atoms with E-state index in [0.717, 1.165) is 11.3 Å². The first-order chi connectivity index (χ1) is 10.0. The van der Waals surface area contributed by atoms with E-state index < -0.39 is 0 Å². The number of methoxy groups -OCH3 is 1. The third kappa shape index (κ3) is 6.62. The number of carbonyl (C=O) groups is 1. The first-order valence-corrected chi connectivity index (χ1v) is 6.77. The van der Waals surface area contributed by atoms with Gasteiger partial charge in [-0.2, -0.15) is 0 Å². The molecule has 0 heterocycles. The number of hydrazine groups is 1. The van der Waals surface area contributed by atoms with Gasteiger partial charge in [0, 0.05) is 6.54 Å². The van der Waals surface area contributed by atoms with Crippen molar-refractivity contribution in [1.29, 1.82) is 0 Å². The van der Waals surface area contributed by atoms with Crippen LogP contribution in [0.1, 0.15) is 6.92 Å². The lowest BCUT2D eigenvalue weighted by Crippen LogP contribution is -2.48. The third-order valence-electron chi connectivity index (χ3n) is 2.41. The Labute approximate surface area is 129 Å². The quantitative estimate of drug-likeness (QED) is 0.359. The fourth-order valence-electron chi connectivity index (χ4n) is 1.41. The fraction of sp³-hybridized carbons (Fsp3) is 0.286. The zero-order chi connectivity index (χ0) is 15.7. The van der Waals surface area contributed by atoms with E-state index in [1.807, 2.05) is 31.2 Å². The minimum absolute atomic E-state index is 0.0937. The van der Waals surface area contributed by atoms with E-state index in [1.54, 1.807) is 7.11 Å². The molecule has 21 heavy (non-hydrogen) atoms. The van der Waals surface area contributed by atoms with Crippen LogP contribution < -0.4 is 26.2 Å². The fourth-order valence-corrected chi connectivity index (χ4v) is 1.54. The first-order valence-electron chi connectivity index (χ1n) is 6.37. The molecule has 4 N–H and O–H groups in total. The molecular weight excluding hydrogens is 288 g/mol. The molecule has 0 fully saturated rings. The summed E-state index contributed by atoms with van der Waals surface area (Å²) in [6.07, 6.45) is 0. The molecule has 1 aromatic carbocycles. The van der Waals surface area contributed by atoms with Gasteiger partial charge in [0.2, 0.25) is 0 Å². The van der Waals surface area contributed by atoms with Crippen LogP contribution in [-0.4, -0.2) is 31.2 Å². The second-order valence-corrected chi connectivity index (χ2v) is 4.78. The van der Waals surface area contributed by atoms with E-state index in [9.17, 15) is 4.79 Å². The third-order valence-corrected chi connectivity index (χ3v) is 2.66. The number of anilines is 1. The monoisotopic (exact) mass is 308 g/mol. The Morgan fingerprint density at radius 2 is 2.00 bits per heavy atom. The molecule has 0 atom stereocenters. The van der Waals surface area contributed by atoms with Crippen LogP contribution in [0.3, 0.4) is 0 Å². The first kappa shape index (κ1) is 16.8. The van der Waals surface area contributed by atoms with Crippen molar-refractivity contribution < 1.29 is 9.53 Å². The number of nitrogens with one attached hydrogen (secondary N) is 4. The van der Waals surface area contributed by atoms with E-state index in [2.05, 4.69) is 28.1 Å². The Bertz CT molecular complexity index is 519. The number of rotatable bonds is 6. The number of amides is 1. The molecule has 1 rings (SSSR count). The normalized spacial score (nSPS) is 9.43. The van der Waals surface area contributed by atoms with Crippen LogP contribution in [0.5, 0.6) is 5.75 Å². The lowest BCUT2D eigenvalue weighted by atomic mass is 10.3. The molecule has 0 aliphatic carbocycles. The summed E-state index contributed by atoms with van der Waals surface area (Å²) < 4.78 is 5.18. The van der Waals surface area contributed by atoms with Gasteiger partial charge in [0.15, 0.2) is 5.11 Å². The minimum atomic E-state index is -0.250. The lowest BCUT2D eigenvalue weighted by Gasteiger charge is -2.13. The molecule has 1 aromatic rings. The minimum Gasteiger partial charge on any atom is -0.495 e. The molecule has 0 saturated carbocycles. The van der Waals surface area contributed by atoms with Gasteiger partial charge in [0.1, 0.15) is 5.75 Å². The number of para-hydroxylation sites is 2. The van der Waals surface area contributed by atoms with E-state index in [0.29, 0.717) is 17.4 Å². The van der Waals surface area contributed by atoms with Crippen molar-refractivity contribution in [2.75, 3.05) is 25.5 Å². The van der Waals surface area contributed by atoms with Crippen LogP contribution >= 0.6 is 12.2 Å². The average molecular weight is 308 g/mol. The average Bonchev–Trinajstić information content (AvgIpc) is 2.49. The summed E-state index contributed by atoms with van der Waals surface area (Å²) in [5.74, 6) is 0.428. The van der Waals surface area contributed by atoms with E-state index in [4.69, 9.17) is 17.0 Å². The molecule has 0 aliphatic rings. The summed E-state index contributed by atoms with van der Waals surface area (Å²) in [6, 6.07) is 7.36. The highest BCUT2D eigenvalue weighted by Crippen LogP contribution is 2.22. The van der Waals surface area contributed by atoms with Crippen LogP contribution in [0.15, 0.2) is 36.4 Å². The van der Waals surface area contributed by atoms with Gasteiger partial charge in [-0.1, -0.05) is 24.3 Å². The highest BCUT2D eigenvalue weighted by Gasteiger charge is 2.05. The molecule has 1 amide bonds. The van der Waals surface area contributed by atoms with Crippen molar-refractivity contribution in [2.24, 2.45) is 0 Å². The second-order valence-electron chi connectivity index (χ2n) is 4.37. The van der Waals surface area contributed by atoms with Gasteiger partial charge in [0.05, 0.1) is 19.3 Å². The van der Waals surface area contributed by atoms with Gasteiger partial charge in [-0.15, -0.1) is 0 Å². The molecule has 0 aliphatic heterocycles. The molecule has 0 bridgehead atoms. The van der Waals surface area contributed by atoms with Crippen molar-refractivity contribution in [3.63, 3.8) is 0 Å². The highest BCUT2D eigenvalue weighted by atomic mass is 32.1. The van der Waals surface area contributed by atoms with Gasteiger partial charge >= 0.3 is 0 Å². The zero-order valence-corrected chi connectivity index (χ0v) is 13.0. The van der Waals surface area contributed by atoms with Crippen molar-refractivity contribution in [1.82, 2.24) is 16.2 Å². The highest BCUT2D eigenvalue weighted by molar-refractivity contribution is 7.80. The second kappa shape index (κ2) is 8.80. The Morgan fingerprint density at radius 3 is 2.67 bits per heavy atom. The number of hydrogen-bond donors (Lipinski definition) is 4. The van der Waals surface area contributed by atoms with Gasteiger partial charge in [-0.05, 0) is 31.3 Å². The number of ether oxygens (including phenoxy) is 1. The maximum atomic E-state index is 11.7. The number of carbonyl (C=O) groups excluding carboxylic acids is 1. The van der Waals surface area contributed by atoms with Gasteiger partial charge in [0.25, 0.3) is 5.91 Å². The van der Waals surface area contributed by atoms with Crippen LogP contribution in [0.2, 0.25) is 0 Å². The van der Waals surface area contributed by atoms with Crippen molar-refractivity contribution in [2.45, 2.75) is 6.92 Å². The molecule has 0 radical (unpaired) electrons.